The van der Waals surface area contributed by atoms with Crippen LogP contribution < -0.4 is 5.32 Å². The zero-order valence-corrected chi connectivity index (χ0v) is 14.5. The maximum absolute atomic E-state index is 13.7. The van der Waals surface area contributed by atoms with Crippen molar-refractivity contribution in [2.45, 2.75) is 44.6 Å². The van der Waals surface area contributed by atoms with E-state index in [1.165, 1.54) is 29.4 Å². The molecule has 0 aromatic heterocycles. The largest absolute Gasteiger partial charge is 0.352 e. The highest BCUT2D eigenvalue weighted by Gasteiger charge is 2.32. The van der Waals surface area contributed by atoms with Gasteiger partial charge in [-0.2, -0.15) is 4.31 Å². The van der Waals surface area contributed by atoms with E-state index < -0.39 is 15.8 Å². The van der Waals surface area contributed by atoms with Crippen molar-refractivity contribution in [3.05, 3.63) is 29.6 Å². The Labute approximate surface area is 136 Å². The Hall–Kier alpha value is -1.47. The molecule has 1 fully saturated rings. The molecule has 7 heteroatoms. The van der Waals surface area contributed by atoms with Crippen LogP contribution in [0.2, 0.25) is 0 Å². The van der Waals surface area contributed by atoms with Gasteiger partial charge in [-0.3, -0.25) is 4.79 Å². The molecule has 1 heterocycles. The topological polar surface area (TPSA) is 66.5 Å². The van der Waals surface area contributed by atoms with Gasteiger partial charge in [-0.1, -0.05) is 19.9 Å². The van der Waals surface area contributed by atoms with Crippen LogP contribution >= 0.6 is 0 Å². The van der Waals surface area contributed by atoms with Crippen molar-refractivity contribution >= 4 is 15.9 Å². The van der Waals surface area contributed by atoms with Gasteiger partial charge >= 0.3 is 0 Å². The van der Waals surface area contributed by atoms with E-state index in [-0.39, 0.29) is 34.9 Å². The normalized spacial score (nSPS) is 19.8. The first-order chi connectivity index (χ1) is 10.7. The van der Waals surface area contributed by atoms with Gasteiger partial charge in [-0.25, -0.2) is 12.8 Å². The predicted octanol–water partition coefficient (Wildman–Crippen LogP) is 2.06. The van der Waals surface area contributed by atoms with Crippen molar-refractivity contribution in [2.75, 3.05) is 13.1 Å². The molecular formula is C16H23FN2O3S. The van der Waals surface area contributed by atoms with Crippen molar-refractivity contribution in [3.63, 3.8) is 0 Å². The summed E-state index contributed by atoms with van der Waals surface area (Å²) < 4.78 is 40.6. The van der Waals surface area contributed by atoms with Gasteiger partial charge in [-0.15, -0.1) is 0 Å². The molecule has 0 spiro atoms. The Kier molecular flexibility index (Phi) is 5.41. The molecule has 0 radical (unpaired) electrons. The van der Waals surface area contributed by atoms with E-state index in [0.29, 0.717) is 13.0 Å². The van der Waals surface area contributed by atoms with Crippen LogP contribution in [0.3, 0.4) is 0 Å². The number of piperidine rings is 1. The Bertz CT molecular complexity index is 689. The van der Waals surface area contributed by atoms with Crippen molar-refractivity contribution in [3.8, 4) is 0 Å². The highest BCUT2D eigenvalue weighted by atomic mass is 32.2. The second kappa shape index (κ2) is 6.97. The fourth-order valence-electron chi connectivity index (χ4n) is 2.65. The molecule has 1 aliphatic rings. The van der Waals surface area contributed by atoms with Crippen molar-refractivity contribution in [2.24, 2.45) is 5.92 Å². The molecule has 23 heavy (non-hydrogen) atoms. The first-order valence-corrected chi connectivity index (χ1v) is 9.23. The van der Waals surface area contributed by atoms with Crippen LogP contribution in [-0.4, -0.2) is 37.8 Å². The quantitative estimate of drug-likeness (QED) is 0.911. The Morgan fingerprint density at radius 2 is 2.09 bits per heavy atom. The summed E-state index contributed by atoms with van der Waals surface area (Å²) in [7, 11) is -3.76. The number of nitrogens with one attached hydrogen (secondary N) is 1. The third kappa shape index (κ3) is 3.90. The number of hydrogen-bond acceptors (Lipinski definition) is 3. The van der Waals surface area contributed by atoms with Crippen molar-refractivity contribution in [1.82, 2.24) is 9.62 Å². The summed E-state index contributed by atoms with van der Waals surface area (Å²) >= 11 is 0. The number of carbonyl (C=O) groups excluding carboxylic acids is 1. The van der Waals surface area contributed by atoms with Gasteiger partial charge in [0.05, 0.1) is 4.90 Å². The minimum Gasteiger partial charge on any atom is -0.352 e. The lowest BCUT2D eigenvalue weighted by Crippen LogP contribution is -2.50. The number of hydrogen-bond donors (Lipinski definition) is 1. The van der Waals surface area contributed by atoms with Gasteiger partial charge in [0, 0.05) is 30.6 Å². The van der Waals surface area contributed by atoms with Crippen LogP contribution in [0.1, 0.15) is 32.3 Å². The SMILES string of the molecule is Cc1c(F)cccc1S(=O)(=O)N1CCCC(NC(=O)C(C)C)C1. The van der Waals surface area contributed by atoms with Crippen LogP contribution in [0.25, 0.3) is 0 Å². The molecule has 1 N–H and O–H groups in total. The molecule has 1 amide bonds. The van der Waals surface area contributed by atoms with Gasteiger partial charge in [0.2, 0.25) is 15.9 Å². The van der Waals surface area contributed by atoms with E-state index >= 15 is 0 Å². The summed E-state index contributed by atoms with van der Waals surface area (Å²) in [6.45, 7) is 5.65. The van der Waals surface area contributed by atoms with Gasteiger partial charge in [-0.05, 0) is 31.9 Å². The number of carbonyl (C=O) groups is 1. The summed E-state index contributed by atoms with van der Waals surface area (Å²) in [4.78, 5) is 11.8. The fourth-order valence-corrected chi connectivity index (χ4v) is 4.41. The van der Waals surface area contributed by atoms with E-state index in [4.69, 9.17) is 0 Å². The molecule has 0 saturated carbocycles. The van der Waals surface area contributed by atoms with E-state index in [1.54, 1.807) is 13.8 Å². The molecule has 5 nitrogen and oxygen atoms in total. The van der Waals surface area contributed by atoms with E-state index in [2.05, 4.69) is 5.32 Å². The van der Waals surface area contributed by atoms with Crippen LogP contribution in [0.5, 0.6) is 0 Å². The maximum Gasteiger partial charge on any atom is 0.243 e. The molecule has 1 atom stereocenters. The first kappa shape index (κ1) is 17.9. The van der Waals surface area contributed by atoms with Crippen LogP contribution in [0, 0.1) is 18.7 Å². The number of rotatable bonds is 4. The molecule has 1 aliphatic heterocycles. The number of sulfonamides is 1. The average Bonchev–Trinajstić information content (AvgIpc) is 2.50. The molecule has 1 unspecified atom stereocenters. The zero-order chi connectivity index (χ0) is 17.2. The number of halogens is 1. The summed E-state index contributed by atoms with van der Waals surface area (Å²) in [6.07, 6.45) is 1.41. The highest BCUT2D eigenvalue weighted by Crippen LogP contribution is 2.24. The first-order valence-electron chi connectivity index (χ1n) is 7.79. The lowest BCUT2D eigenvalue weighted by Gasteiger charge is -2.33. The Balaban J connectivity index is 2.20. The minimum absolute atomic E-state index is 0.00617. The molecule has 1 saturated heterocycles. The van der Waals surface area contributed by atoms with Crippen LogP contribution in [0.15, 0.2) is 23.1 Å². The summed E-state index contributed by atoms with van der Waals surface area (Å²) in [5.41, 5.74) is 0.126. The number of amides is 1. The van der Waals surface area contributed by atoms with Gasteiger partial charge in [0.1, 0.15) is 5.82 Å². The summed E-state index contributed by atoms with van der Waals surface area (Å²) in [5, 5.41) is 2.88. The lowest BCUT2D eigenvalue weighted by atomic mass is 10.1. The standard InChI is InChI=1S/C16H23FN2O3S/c1-11(2)16(20)18-13-6-5-9-19(10-13)23(21,22)15-8-4-7-14(17)12(15)3/h4,7-8,11,13H,5-6,9-10H2,1-3H3,(H,18,20). The third-order valence-electron chi connectivity index (χ3n) is 4.09. The van der Waals surface area contributed by atoms with Gasteiger partial charge in [0.15, 0.2) is 0 Å². The molecule has 1 aromatic carbocycles. The number of benzene rings is 1. The highest BCUT2D eigenvalue weighted by molar-refractivity contribution is 7.89. The molecule has 0 bridgehead atoms. The second-order valence-corrected chi connectivity index (χ2v) is 8.13. The molecule has 2 rings (SSSR count). The number of nitrogens with zero attached hydrogens (tertiary/aromatic N) is 1. The minimum atomic E-state index is -3.76. The van der Waals surface area contributed by atoms with Crippen LogP contribution in [-0.2, 0) is 14.8 Å². The third-order valence-corrected chi connectivity index (χ3v) is 6.10. The molecular weight excluding hydrogens is 319 g/mol. The monoisotopic (exact) mass is 342 g/mol. The van der Waals surface area contributed by atoms with E-state index in [1.807, 2.05) is 0 Å². The molecule has 0 aliphatic carbocycles. The average molecular weight is 342 g/mol. The Morgan fingerprint density at radius 3 is 2.74 bits per heavy atom. The summed E-state index contributed by atoms with van der Waals surface area (Å²) in [6, 6.07) is 3.86. The van der Waals surface area contributed by atoms with Gasteiger partial charge < -0.3 is 5.32 Å². The smallest absolute Gasteiger partial charge is 0.243 e. The van der Waals surface area contributed by atoms with Gasteiger partial charge in [0.25, 0.3) is 0 Å². The molecule has 128 valence electrons. The second-order valence-electron chi connectivity index (χ2n) is 6.23. The van der Waals surface area contributed by atoms with E-state index in [0.717, 1.165) is 6.42 Å². The van der Waals surface area contributed by atoms with Crippen molar-refractivity contribution < 1.29 is 17.6 Å². The maximum atomic E-state index is 13.7. The summed E-state index contributed by atoms with van der Waals surface area (Å²) in [5.74, 6) is -0.767. The van der Waals surface area contributed by atoms with Crippen molar-refractivity contribution in [1.29, 1.82) is 0 Å². The zero-order valence-electron chi connectivity index (χ0n) is 13.7. The predicted molar refractivity (Wildman–Crippen MR) is 85.9 cm³/mol. The molecule has 1 aromatic rings. The lowest BCUT2D eigenvalue weighted by molar-refractivity contribution is -0.124. The van der Waals surface area contributed by atoms with Crippen LogP contribution in [0.4, 0.5) is 4.39 Å². The Morgan fingerprint density at radius 1 is 1.39 bits per heavy atom. The fraction of sp³-hybridized carbons (Fsp3) is 0.562. The van der Waals surface area contributed by atoms with E-state index in [9.17, 15) is 17.6 Å².